The SMILES string of the molecule is COC[C@@H](C)NC1CCC(Nc2cc(-c3nccc(NCC4CCOCC4)n3)ncn2)CC1. The lowest BCUT2D eigenvalue weighted by Gasteiger charge is -2.31. The van der Waals surface area contributed by atoms with Crippen molar-refractivity contribution in [2.45, 2.75) is 63.6 Å². The molecule has 0 unspecified atom stereocenters. The molecule has 3 N–H and O–H groups in total. The van der Waals surface area contributed by atoms with E-state index in [9.17, 15) is 0 Å². The second-order valence-electron chi connectivity index (χ2n) is 9.21. The first-order chi connectivity index (χ1) is 16.2. The van der Waals surface area contributed by atoms with E-state index in [2.05, 4.69) is 42.8 Å². The zero-order chi connectivity index (χ0) is 22.9. The summed E-state index contributed by atoms with van der Waals surface area (Å²) in [6.07, 6.45) is 10.1. The van der Waals surface area contributed by atoms with Gasteiger partial charge in [0.25, 0.3) is 0 Å². The van der Waals surface area contributed by atoms with E-state index in [0.29, 0.717) is 29.9 Å². The van der Waals surface area contributed by atoms with Gasteiger partial charge in [0.2, 0.25) is 0 Å². The van der Waals surface area contributed by atoms with Gasteiger partial charge in [0.05, 0.1) is 6.61 Å². The number of rotatable bonds is 10. The van der Waals surface area contributed by atoms with Gasteiger partial charge in [0, 0.05) is 57.3 Å². The predicted molar refractivity (Wildman–Crippen MR) is 129 cm³/mol. The summed E-state index contributed by atoms with van der Waals surface area (Å²) in [5.74, 6) is 2.89. The van der Waals surface area contributed by atoms with Crippen molar-refractivity contribution in [1.82, 2.24) is 25.3 Å². The summed E-state index contributed by atoms with van der Waals surface area (Å²) in [5.41, 5.74) is 0.728. The topological polar surface area (TPSA) is 106 Å². The van der Waals surface area contributed by atoms with E-state index in [-0.39, 0.29) is 0 Å². The Morgan fingerprint density at radius 2 is 1.82 bits per heavy atom. The summed E-state index contributed by atoms with van der Waals surface area (Å²) < 4.78 is 10.7. The van der Waals surface area contributed by atoms with E-state index in [1.54, 1.807) is 19.6 Å². The summed E-state index contributed by atoms with van der Waals surface area (Å²) in [7, 11) is 1.75. The van der Waals surface area contributed by atoms with E-state index in [1.807, 2.05) is 12.1 Å². The van der Waals surface area contributed by atoms with Gasteiger partial charge < -0.3 is 25.4 Å². The maximum atomic E-state index is 5.44. The van der Waals surface area contributed by atoms with Crippen molar-refractivity contribution in [2.24, 2.45) is 5.92 Å². The van der Waals surface area contributed by atoms with Crippen LogP contribution in [0.5, 0.6) is 0 Å². The Balaban J connectivity index is 1.30. The molecular formula is C24H37N7O2. The molecule has 180 valence electrons. The highest BCUT2D eigenvalue weighted by Crippen LogP contribution is 2.24. The molecule has 0 bridgehead atoms. The molecule has 2 aromatic heterocycles. The fourth-order valence-electron chi connectivity index (χ4n) is 4.65. The van der Waals surface area contributed by atoms with E-state index in [4.69, 9.17) is 9.47 Å². The monoisotopic (exact) mass is 455 g/mol. The molecule has 0 radical (unpaired) electrons. The molecule has 2 fully saturated rings. The highest BCUT2D eigenvalue weighted by Gasteiger charge is 2.22. The first-order valence-electron chi connectivity index (χ1n) is 12.2. The van der Waals surface area contributed by atoms with Gasteiger partial charge in [-0.2, -0.15) is 0 Å². The summed E-state index contributed by atoms with van der Waals surface area (Å²) in [6, 6.07) is 5.21. The smallest absolute Gasteiger partial charge is 0.180 e. The quantitative estimate of drug-likeness (QED) is 0.498. The van der Waals surface area contributed by atoms with E-state index in [0.717, 1.165) is 82.2 Å². The largest absolute Gasteiger partial charge is 0.383 e. The maximum Gasteiger partial charge on any atom is 0.180 e. The number of hydrogen-bond donors (Lipinski definition) is 3. The van der Waals surface area contributed by atoms with Crippen LogP contribution in [0.15, 0.2) is 24.7 Å². The molecular weight excluding hydrogens is 418 g/mol. The van der Waals surface area contributed by atoms with Crippen molar-refractivity contribution in [2.75, 3.05) is 44.1 Å². The maximum absolute atomic E-state index is 5.44. The number of ether oxygens (including phenoxy) is 2. The molecule has 9 heteroatoms. The Bertz CT molecular complexity index is 854. The minimum absolute atomic E-state index is 0.385. The molecule has 1 aliphatic carbocycles. The Hall–Kier alpha value is -2.36. The Kier molecular flexibility index (Phi) is 8.79. The zero-order valence-corrected chi connectivity index (χ0v) is 19.8. The zero-order valence-electron chi connectivity index (χ0n) is 19.8. The van der Waals surface area contributed by atoms with Crippen LogP contribution in [0.3, 0.4) is 0 Å². The number of methoxy groups -OCH3 is 1. The molecule has 1 saturated carbocycles. The number of anilines is 2. The third kappa shape index (κ3) is 7.31. The fourth-order valence-corrected chi connectivity index (χ4v) is 4.65. The van der Waals surface area contributed by atoms with Gasteiger partial charge >= 0.3 is 0 Å². The van der Waals surface area contributed by atoms with Crippen LogP contribution in [0.25, 0.3) is 11.5 Å². The molecule has 0 spiro atoms. The van der Waals surface area contributed by atoms with E-state index < -0.39 is 0 Å². The molecule has 0 amide bonds. The highest BCUT2D eigenvalue weighted by molar-refractivity contribution is 5.56. The normalized spacial score (nSPS) is 22.6. The number of nitrogens with zero attached hydrogens (tertiary/aromatic N) is 4. The minimum Gasteiger partial charge on any atom is -0.383 e. The van der Waals surface area contributed by atoms with Crippen LogP contribution in [-0.4, -0.2) is 71.5 Å². The van der Waals surface area contributed by atoms with Crippen LogP contribution in [0.4, 0.5) is 11.6 Å². The van der Waals surface area contributed by atoms with Crippen LogP contribution >= 0.6 is 0 Å². The van der Waals surface area contributed by atoms with Gasteiger partial charge in [-0.1, -0.05) is 0 Å². The Morgan fingerprint density at radius 1 is 1.03 bits per heavy atom. The number of nitrogens with one attached hydrogen (secondary N) is 3. The lowest BCUT2D eigenvalue weighted by atomic mass is 9.90. The molecule has 1 aliphatic heterocycles. The van der Waals surface area contributed by atoms with Gasteiger partial charge in [0.1, 0.15) is 23.7 Å². The summed E-state index contributed by atoms with van der Waals surface area (Å²) in [6.45, 7) is 5.52. The Morgan fingerprint density at radius 3 is 2.61 bits per heavy atom. The second-order valence-corrected chi connectivity index (χ2v) is 9.21. The lowest BCUT2D eigenvalue weighted by Crippen LogP contribution is -2.42. The third-order valence-corrected chi connectivity index (χ3v) is 6.48. The minimum atomic E-state index is 0.385. The van der Waals surface area contributed by atoms with Crippen molar-refractivity contribution >= 4 is 11.6 Å². The van der Waals surface area contributed by atoms with Gasteiger partial charge in [-0.25, -0.2) is 19.9 Å². The molecule has 4 rings (SSSR count). The van der Waals surface area contributed by atoms with Gasteiger partial charge in [-0.05, 0) is 57.4 Å². The summed E-state index contributed by atoms with van der Waals surface area (Å²) in [5, 5.41) is 10.7. The van der Waals surface area contributed by atoms with Crippen LogP contribution in [0.1, 0.15) is 45.4 Å². The average Bonchev–Trinajstić information content (AvgIpc) is 2.85. The standard InChI is InChI=1S/C24H37N7O2/c1-17(15-32-2)29-19-3-5-20(6-4-19)30-23-13-21(27-16-28-23)24-25-10-7-22(31-24)26-14-18-8-11-33-12-9-18/h7,10,13,16-20,29H,3-6,8-9,11-12,14-15H2,1-2H3,(H,25,26,31)(H,27,28,30)/t17-,19?,20?/m1/s1. The second kappa shape index (κ2) is 12.2. The molecule has 2 aromatic rings. The van der Waals surface area contributed by atoms with Crippen LogP contribution in [0, 0.1) is 5.92 Å². The van der Waals surface area contributed by atoms with Gasteiger partial charge in [-0.3, -0.25) is 0 Å². The first kappa shape index (κ1) is 23.8. The van der Waals surface area contributed by atoms with Crippen molar-refractivity contribution < 1.29 is 9.47 Å². The van der Waals surface area contributed by atoms with Crippen molar-refractivity contribution in [3.63, 3.8) is 0 Å². The fraction of sp³-hybridized carbons (Fsp3) is 0.667. The highest BCUT2D eigenvalue weighted by atomic mass is 16.5. The average molecular weight is 456 g/mol. The van der Waals surface area contributed by atoms with Gasteiger partial charge in [0.15, 0.2) is 5.82 Å². The molecule has 1 saturated heterocycles. The molecule has 3 heterocycles. The van der Waals surface area contributed by atoms with Crippen LogP contribution in [0.2, 0.25) is 0 Å². The van der Waals surface area contributed by atoms with Crippen molar-refractivity contribution in [3.05, 3.63) is 24.7 Å². The predicted octanol–water partition coefficient (Wildman–Crippen LogP) is 3.12. The molecule has 2 aliphatic rings. The van der Waals surface area contributed by atoms with Crippen molar-refractivity contribution in [1.29, 1.82) is 0 Å². The number of aromatic nitrogens is 4. The molecule has 33 heavy (non-hydrogen) atoms. The van der Waals surface area contributed by atoms with E-state index in [1.165, 1.54) is 0 Å². The molecule has 1 atom stereocenters. The lowest BCUT2D eigenvalue weighted by molar-refractivity contribution is 0.0699. The molecule has 0 aromatic carbocycles. The number of hydrogen-bond acceptors (Lipinski definition) is 9. The first-order valence-corrected chi connectivity index (χ1v) is 12.2. The van der Waals surface area contributed by atoms with Gasteiger partial charge in [-0.15, -0.1) is 0 Å². The Labute approximate surface area is 196 Å². The van der Waals surface area contributed by atoms with Crippen LogP contribution < -0.4 is 16.0 Å². The van der Waals surface area contributed by atoms with E-state index >= 15 is 0 Å². The third-order valence-electron chi connectivity index (χ3n) is 6.48. The van der Waals surface area contributed by atoms with Crippen LogP contribution in [-0.2, 0) is 9.47 Å². The molecule has 9 nitrogen and oxygen atoms in total. The van der Waals surface area contributed by atoms with Crippen molar-refractivity contribution in [3.8, 4) is 11.5 Å². The summed E-state index contributed by atoms with van der Waals surface area (Å²) >= 11 is 0. The summed E-state index contributed by atoms with van der Waals surface area (Å²) in [4.78, 5) is 18.0.